The summed E-state index contributed by atoms with van der Waals surface area (Å²) in [5, 5.41) is 7.07. The molecule has 0 spiro atoms. The molecule has 3 aliphatic rings. The van der Waals surface area contributed by atoms with Crippen molar-refractivity contribution in [1.82, 2.24) is 10.7 Å². The van der Waals surface area contributed by atoms with Crippen molar-refractivity contribution in [3.05, 3.63) is 0 Å². The van der Waals surface area contributed by atoms with Gasteiger partial charge in [0, 0.05) is 25.3 Å². The Kier molecular flexibility index (Phi) is 3.73. The van der Waals surface area contributed by atoms with Crippen molar-refractivity contribution in [3.8, 4) is 0 Å². The Labute approximate surface area is 114 Å². The largest absolute Gasteiger partial charge is 0.383 e. The van der Waals surface area contributed by atoms with Gasteiger partial charge < -0.3 is 10.1 Å². The number of carbonyl (C=O) groups excluding carboxylic acids is 1. The van der Waals surface area contributed by atoms with Crippen LogP contribution in [0.15, 0.2) is 5.10 Å². The van der Waals surface area contributed by atoms with Crippen molar-refractivity contribution >= 4 is 11.7 Å². The Morgan fingerprint density at radius 3 is 3.11 bits per heavy atom. The van der Waals surface area contributed by atoms with Gasteiger partial charge >= 0.3 is 6.03 Å². The molecule has 3 rings (SSSR count). The number of urea groups is 1. The highest BCUT2D eigenvalue weighted by molar-refractivity contribution is 5.91. The maximum absolute atomic E-state index is 11.5. The molecule has 3 aliphatic carbocycles. The lowest BCUT2D eigenvalue weighted by molar-refractivity contribution is 0.196. The molecule has 0 aromatic carbocycles. The van der Waals surface area contributed by atoms with Crippen LogP contribution in [0.3, 0.4) is 0 Å². The van der Waals surface area contributed by atoms with Crippen LogP contribution in [0.2, 0.25) is 0 Å². The van der Waals surface area contributed by atoms with Crippen LogP contribution in [0.25, 0.3) is 0 Å². The molecular formula is C14H23N3O2. The molecule has 2 bridgehead atoms. The molecule has 0 heterocycles. The fourth-order valence-corrected chi connectivity index (χ4v) is 4.37. The molecule has 0 aromatic heterocycles. The molecule has 2 N–H and O–H groups in total. The third-order valence-electron chi connectivity index (χ3n) is 5.10. The summed E-state index contributed by atoms with van der Waals surface area (Å²) >= 11 is 0. The minimum Gasteiger partial charge on any atom is -0.383 e. The zero-order chi connectivity index (χ0) is 13.2. The highest BCUT2D eigenvalue weighted by Crippen LogP contribution is 2.57. The van der Waals surface area contributed by atoms with E-state index in [9.17, 15) is 4.79 Å². The predicted molar refractivity (Wildman–Crippen MR) is 72.9 cm³/mol. The van der Waals surface area contributed by atoms with E-state index in [2.05, 4.69) is 15.8 Å². The Hall–Kier alpha value is -1.10. The summed E-state index contributed by atoms with van der Waals surface area (Å²) in [6.45, 7) is 1.04. The predicted octanol–water partition coefficient (Wildman–Crippen LogP) is 1.74. The summed E-state index contributed by atoms with van der Waals surface area (Å²) in [5.41, 5.74) is 3.86. The fraction of sp³-hybridized carbons (Fsp3) is 0.857. The second-order valence-corrected chi connectivity index (χ2v) is 6.03. The Balaban J connectivity index is 1.50. The number of fused-ring (bicyclic) bond motifs is 5. The number of hydrogen-bond acceptors (Lipinski definition) is 3. The second-order valence-electron chi connectivity index (χ2n) is 6.03. The minimum absolute atomic E-state index is 0.227. The van der Waals surface area contributed by atoms with Gasteiger partial charge in [0.25, 0.3) is 0 Å². The number of nitrogens with zero attached hydrogens (tertiary/aromatic N) is 1. The molecular weight excluding hydrogens is 242 g/mol. The lowest BCUT2D eigenvalue weighted by Gasteiger charge is -2.25. The van der Waals surface area contributed by atoms with Crippen LogP contribution in [0.4, 0.5) is 4.79 Å². The average molecular weight is 265 g/mol. The fourth-order valence-electron chi connectivity index (χ4n) is 4.37. The van der Waals surface area contributed by atoms with Crippen LogP contribution >= 0.6 is 0 Å². The standard InChI is InChI=1S/C14H23N3O2/c1-19-6-5-15-14(18)17-16-13-8-9-7-12(13)11-4-2-3-10(9)11/h9-12H,2-8H2,1H3,(H2,15,17,18)/t9-,10-,11-,12+/m1/s1. The third-order valence-corrected chi connectivity index (χ3v) is 5.10. The van der Waals surface area contributed by atoms with Gasteiger partial charge in [-0.1, -0.05) is 6.42 Å². The maximum atomic E-state index is 11.5. The van der Waals surface area contributed by atoms with Crippen molar-refractivity contribution in [3.63, 3.8) is 0 Å². The average Bonchev–Trinajstić information content (AvgIpc) is 3.08. The van der Waals surface area contributed by atoms with Crippen molar-refractivity contribution in [2.75, 3.05) is 20.3 Å². The van der Waals surface area contributed by atoms with Gasteiger partial charge in [0.15, 0.2) is 0 Å². The third kappa shape index (κ3) is 2.48. The van der Waals surface area contributed by atoms with Gasteiger partial charge in [-0.25, -0.2) is 10.2 Å². The van der Waals surface area contributed by atoms with E-state index in [1.54, 1.807) is 7.11 Å². The first-order chi connectivity index (χ1) is 9.29. The first-order valence-electron chi connectivity index (χ1n) is 7.39. The summed E-state index contributed by atoms with van der Waals surface area (Å²) in [5.74, 6) is 3.31. The van der Waals surface area contributed by atoms with Crippen molar-refractivity contribution in [2.24, 2.45) is 28.8 Å². The van der Waals surface area contributed by atoms with Crippen molar-refractivity contribution < 1.29 is 9.53 Å². The SMILES string of the molecule is COCCNC(=O)NN=C1C[C@H]2C[C@H]1[C@@H]1CCC[C@H]21. The zero-order valence-electron chi connectivity index (χ0n) is 11.5. The molecule has 4 atom stereocenters. The highest BCUT2D eigenvalue weighted by atomic mass is 16.5. The Bertz CT molecular complexity index is 383. The number of hydrogen-bond donors (Lipinski definition) is 2. The van der Waals surface area contributed by atoms with Gasteiger partial charge in [-0.2, -0.15) is 5.10 Å². The van der Waals surface area contributed by atoms with E-state index in [1.807, 2.05) is 0 Å². The zero-order valence-corrected chi connectivity index (χ0v) is 11.5. The van der Waals surface area contributed by atoms with E-state index in [0.29, 0.717) is 19.1 Å². The number of methoxy groups -OCH3 is 1. The van der Waals surface area contributed by atoms with Gasteiger partial charge in [0.1, 0.15) is 0 Å². The van der Waals surface area contributed by atoms with Crippen molar-refractivity contribution in [2.45, 2.75) is 32.1 Å². The van der Waals surface area contributed by atoms with Crippen LogP contribution in [-0.2, 0) is 4.74 Å². The van der Waals surface area contributed by atoms with Gasteiger partial charge in [0.2, 0.25) is 0 Å². The van der Waals surface area contributed by atoms with Crippen LogP contribution in [0.5, 0.6) is 0 Å². The Morgan fingerprint density at radius 2 is 2.26 bits per heavy atom. The summed E-state index contributed by atoms with van der Waals surface area (Å²) in [6.07, 6.45) is 6.58. The topological polar surface area (TPSA) is 62.7 Å². The molecule has 0 radical (unpaired) electrons. The van der Waals surface area contributed by atoms with Crippen LogP contribution < -0.4 is 10.7 Å². The summed E-state index contributed by atoms with van der Waals surface area (Å²) in [7, 11) is 1.62. The number of hydrazone groups is 1. The maximum Gasteiger partial charge on any atom is 0.335 e. The quantitative estimate of drug-likeness (QED) is 0.601. The normalized spacial score (nSPS) is 37.6. The summed E-state index contributed by atoms with van der Waals surface area (Å²) < 4.78 is 4.88. The smallest absolute Gasteiger partial charge is 0.335 e. The van der Waals surface area contributed by atoms with E-state index < -0.39 is 0 Å². The van der Waals surface area contributed by atoms with Crippen LogP contribution in [-0.4, -0.2) is 32.0 Å². The van der Waals surface area contributed by atoms with Gasteiger partial charge in [-0.05, 0) is 43.4 Å². The van der Waals surface area contributed by atoms with E-state index >= 15 is 0 Å². The lowest BCUT2D eigenvalue weighted by atomic mass is 9.81. The molecule has 106 valence electrons. The van der Waals surface area contributed by atoms with E-state index in [0.717, 1.165) is 24.2 Å². The van der Waals surface area contributed by atoms with Crippen LogP contribution in [0, 0.1) is 23.7 Å². The molecule has 5 heteroatoms. The number of rotatable bonds is 4. The number of carbonyl (C=O) groups is 1. The number of nitrogens with one attached hydrogen (secondary N) is 2. The van der Waals surface area contributed by atoms with E-state index in [1.165, 1.54) is 31.4 Å². The van der Waals surface area contributed by atoms with Gasteiger partial charge in [-0.15, -0.1) is 0 Å². The molecule has 0 aromatic rings. The number of ether oxygens (including phenoxy) is 1. The van der Waals surface area contributed by atoms with Gasteiger partial charge in [-0.3, -0.25) is 0 Å². The molecule has 5 nitrogen and oxygen atoms in total. The lowest BCUT2D eigenvalue weighted by Crippen LogP contribution is -2.36. The first kappa shape index (κ1) is 12.9. The minimum atomic E-state index is -0.227. The van der Waals surface area contributed by atoms with Gasteiger partial charge in [0.05, 0.1) is 6.61 Å². The monoisotopic (exact) mass is 265 g/mol. The summed E-state index contributed by atoms with van der Waals surface area (Å²) in [4.78, 5) is 11.5. The Morgan fingerprint density at radius 1 is 1.42 bits per heavy atom. The van der Waals surface area contributed by atoms with E-state index in [4.69, 9.17) is 4.74 Å². The van der Waals surface area contributed by atoms with Crippen molar-refractivity contribution in [1.29, 1.82) is 0 Å². The molecule has 2 amide bonds. The van der Waals surface area contributed by atoms with E-state index in [-0.39, 0.29) is 6.03 Å². The number of amides is 2. The second kappa shape index (κ2) is 5.49. The molecule has 3 fully saturated rings. The molecule has 3 saturated carbocycles. The highest BCUT2D eigenvalue weighted by Gasteiger charge is 2.52. The summed E-state index contributed by atoms with van der Waals surface area (Å²) in [6, 6.07) is -0.227. The van der Waals surface area contributed by atoms with Crippen LogP contribution in [0.1, 0.15) is 32.1 Å². The molecule has 0 unspecified atom stereocenters. The molecule has 19 heavy (non-hydrogen) atoms. The molecule has 0 saturated heterocycles. The molecule has 0 aliphatic heterocycles. The first-order valence-corrected chi connectivity index (χ1v) is 7.39.